The van der Waals surface area contributed by atoms with Gasteiger partial charge < -0.3 is 15.4 Å². The number of H-pyrrole nitrogens is 1. The number of hydrogen-bond acceptors (Lipinski definition) is 2. The van der Waals surface area contributed by atoms with Gasteiger partial charge in [-0.1, -0.05) is 31.4 Å². The molecule has 1 heterocycles. The van der Waals surface area contributed by atoms with Crippen molar-refractivity contribution in [2.45, 2.75) is 38.1 Å². The average Bonchev–Trinajstić information content (AvgIpc) is 2.78. The molecule has 0 saturated heterocycles. The average molecular weight is 285 g/mol. The second-order valence-corrected chi connectivity index (χ2v) is 5.55. The predicted molar refractivity (Wildman–Crippen MR) is 71.3 cm³/mol. The maximum absolute atomic E-state index is 12.1. The normalized spacial score (nSPS) is 26.9. The number of carboxylic acid groups (broad SMARTS) is 1. The zero-order valence-electron chi connectivity index (χ0n) is 10.7. The first kappa shape index (κ1) is 13.9. The summed E-state index contributed by atoms with van der Waals surface area (Å²) in [7, 11) is 0. The van der Waals surface area contributed by atoms with Crippen LogP contribution < -0.4 is 5.32 Å². The molecular weight excluding hydrogens is 268 g/mol. The number of aromatic nitrogens is 1. The Morgan fingerprint density at radius 2 is 2.26 bits per heavy atom. The van der Waals surface area contributed by atoms with Crippen molar-refractivity contribution >= 4 is 23.5 Å². The summed E-state index contributed by atoms with van der Waals surface area (Å²) in [4.78, 5) is 26.5. The predicted octanol–water partition coefficient (Wildman–Crippen LogP) is 2.43. The number of hydrogen-bond donors (Lipinski definition) is 3. The molecule has 0 bridgehead atoms. The highest BCUT2D eigenvalue weighted by molar-refractivity contribution is 6.31. The molecule has 2 rings (SSSR count). The van der Waals surface area contributed by atoms with Crippen LogP contribution in [0.25, 0.3) is 0 Å². The first-order chi connectivity index (χ1) is 8.95. The van der Waals surface area contributed by atoms with Crippen LogP contribution in [-0.4, -0.2) is 27.5 Å². The zero-order valence-corrected chi connectivity index (χ0v) is 11.5. The molecule has 2 unspecified atom stereocenters. The molecule has 1 fully saturated rings. The van der Waals surface area contributed by atoms with Gasteiger partial charge >= 0.3 is 5.97 Å². The van der Waals surface area contributed by atoms with Crippen LogP contribution in [-0.2, 0) is 4.79 Å². The summed E-state index contributed by atoms with van der Waals surface area (Å²) < 4.78 is 0. The molecule has 0 spiro atoms. The fourth-order valence-electron chi connectivity index (χ4n) is 2.67. The number of aromatic amines is 1. The van der Waals surface area contributed by atoms with E-state index in [1.165, 1.54) is 12.3 Å². The number of carbonyl (C=O) groups excluding carboxylic acids is 1. The van der Waals surface area contributed by atoms with Gasteiger partial charge in [-0.15, -0.1) is 0 Å². The smallest absolute Gasteiger partial charge is 0.329 e. The maximum atomic E-state index is 12.1. The molecule has 5 nitrogen and oxygen atoms in total. The SMILES string of the molecule is CC1CCCCC1(NC(=O)c1cc(Cl)c[nH]1)C(=O)O. The van der Waals surface area contributed by atoms with Crippen LogP contribution in [0.1, 0.15) is 43.1 Å². The molecule has 1 aliphatic carbocycles. The van der Waals surface area contributed by atoms with E-state index in [9.17, 15) is 14.7 Å². The highest BCUT2D eigenvalue weighted by Crippen LogP contribution is 2.34. The molecule has 3 N–H and O–H groups in total. The summed E-state index contributed by atoms with van der Waals surface area (Å²) in [5.41, 5.74) is -0.893. The van der Waals surface area contributed by atoms with E-state index >= 15 is 0 Å². The maximum Gasteiger partial charge on any atom is 0.329 e. The van der Waals surface area contributed by atoms with Crippen molar-refractivity contribution in [2.24, 2.45) is 5.92 Å². The largest absolute Gasteiger partial charge is 0.479 e. The van der Waals surface area contributed by atoms with Crippen LogP contribution >= 0.6 is 11.6 Å². The number of nitrogens with one attached hydrogen (secondary N) is 2. The fourth-order valence-corrected chi connectivity index (χ4v) is 2.84. The van der Waals surface area contributed by atoms with Gasteiger partial charge in [-0.25, -0.2) is 4.79 Å². The first-order valence-electron chi connectivity index (χ1n) is 6.35. The molecule has 1 aliphatic rings. The molecule has 0 radical (unpaired) electrons. The van der Waals surface area contributed by atoms with E-state index in [4.69, 9.17) is 11.6 Å². The Balaban J connectivity index is 2.21. The van der Waals surface area contributed by atoms with Crippen molar-refractivity contribution in [3.63, 3.8) is 0 Å². The van der Waals surface area contributed by atoms with Gasteiger partial charge in [0, 0.05) is 6.20 Å². The van der Waals surface area contributed by atoms with Gasteiger partial charge in [-0.05, 0) is 24.8 Å². The van der Waals surface area contributed by atoms with Crippen molar-refractivity contribution in [1.82, 2.24) is 10.3 Å². The summed E-state index contributed by atoms with van der Waals surface area (Å²) in [6.07, 6.45) is 4.57. The highest BCUT2D eigenvalue weighted by atomic mass is 35.5. The molecule has 2 atom stereocenters. The topological polar surface area (TPSA) is 82.2 Å². The van der Waals surface area contributed by atoms with E-state index in [2.05, 4.69) is 10.3 Å². The Morgan fingerprint density at radius 3 is 2.79 bits per heavy atom. The second kappa shape index (κ2) is 5.25. The number of carboxylic acids is 1. The van der Waals surface area contributed by atoms with Crippen molar-refractivity contribution in [2.75, 3.05) is 0 Å². The van der Waals surface area contributed by atoms with E-state index in [0.717, 1.165) is 19.3 Å². The Morgan fingerprint density at radius 1 is 1.53 bits per heavy atom. The standard InChI is InChI=1S/C13H17ClN2O3/c1-8-4-2-3-5-13(8,12(18)19)16-11(17)10-6-9(14)7-15-10/h6-8,15H,2-5H2,1H3,(H,16,17)(H,18,19). The van der Waals surface area contributed by atoms with Crippen LogP contribution in [0.4, 0.5) is 0 Å². The molecule has 0 aromatic carbocycles. The van der Waals surface area contributed by atoms with E-state index < -0.39 is 17.4 Å². The first-order valence-corrected chi connectivity index (χ1v) is 6.73. The summed E-state index contributed by atoms with van der Waals surface area (Å²) >= 11 is 5.75. The fraction of sp³-hybridized carbons (Fsp3) is 0.538. The van der Waals surface area contributed by atoms with Crippen molar-refractivity contribution < 1.29 is 14.7 Å². The number of carbonyl (C=O) groups is 2. The summed E-state index contributed by atoms with van der Waals surface area (Å²) in [6.45, 7) is 1.87. The lowest BCUT2D eigenvalue weighted by Gasteiger charge is -2.39. The van der Waals surface area contributed by atoms with Crippen LogP contribution in [0, 0.1) is 5.92 Å². The number of rotatable bonds is 3. The summed E-state index contributed by atoms with van der Waals surface area (Å²) in [5, 5.41) is 12.6. The second-order valence-electron chi connectivity index (χ2n) is 5.11. The number of aliphatic carboxylic acids is 1. The summed E-state index contributed by atoms with van der Waals surface area (Å²) in [5.74, 6) is -1.48. The van der Waals surface area contributed by atoms with Crippen LogP contribution in [0.3, 0.4) is 0 Å². The lowest BCUT2D eigenvalue weighted by atomic mass is 9.73. The molecular formula is C13H17ClN2O3. The number of halogens is 1. The van der Waals surface area contributed by atoms with Crippen LogP contribution in [0.2, 0.25) is 5.02 Å². The van der Waals surface area contributed by atoms with E-state index in [0.29, 0.717) is 11.4 Å². The molecule has 104 valence electrons. The highest BCUT2D eigenvalue weighted by Gasteiger charge is 2.46. The Kier molecular flexibility index (Phi) is 3.85. The minimum absolute atomic E-state index is 0.0897. The van der Waals surface area contributed by atoms with Gasteiger partial charge in [0.2, 0.25) is 0 Å². The van der Waals surface area contributed by atoms with Gasteiger partial charge in [0.1, 0.15) is 11.2 Å². The molecule has 0 aliphatic heterocycles. The van der Waals surface area contributed by atoms with Gasteiger partial charge in [-0.2, -0.15) is 0 Å². The van der Waals surface area contributed by atoms with Crippen molar-refractivity contribution in [3.05, 3.63) is 23.0 Å². The molecule has 1 saturated carbocycles. The van der Waals surface area contributed by atoms with Gasteiger partial charge in [0.15, 0.2) is 0 Å². The molecule has 1 aromatic rings. The van der Waals surface area contributed by atoms with E-state index in [1.54, 1.807) is 0 Å². The van der Waals surface area contributed by atoms with Gasteiger partial charge in [0.25, 0.3) is 5.91 Å². The van der Waals surface area contributed by atoms with Gasteiger partial charge in [-0.3, -0.25) is 4.79 Å². The third-order valence-corrected chi connectivity index (χ3v) is 4.13. The summed E-state index contributed by atoms with van der Waals surface area (Å²) in [6, 6.07) is 1.49. The lowest BCUT2D eigenvalue weighted by Crippen LogP contribution is -2.60. The zero-order chi connectivity index (χ0) is 14.0. The van der Waals surface area contributed by atoms with E-state index in [1.807, 2.05) is 6.92 Å². The quantitative estimate of drug-likeness (QED) is 0.797. The van der Waals surface area contributed by atoms with Crippen molar-refractivity contribution in [3.8, 4) is 0 Å². The monoisotopic (exact) mass is 284 g/mol. The lowest BCUT2D eigenvalue weighted by molar-refractivity contribution is -0.148. The Hall–Kier alpha value is -1.49. The van der Waals surface area contributed by atoms with Gasteiger partial charge in [0.05, 0.1) is 5.02 Å². The minimum Gasteiger partial charge on any atom is -0.479 e. The number of amides is 1. The molecule has 1 amide bonds. The van der Waals surface area contributed by atoms with E-state index in [-0.39, 0.29) is 11.6 Å². The van der Waals surface area contributed by atoms with Crippen LogP contribution in [0.15, 0.2) is 12.3 Å². The minimum atomic E-state index is -1.17. The molecule has 1 aromatic heterocycles. The van der Waals surface area contributed by atoms with Crippen molar-refractivity contribution in [1.29, 1.82) is 0 Å². The Labute approximate surface area is 116 Å². The third-order valence-electron chi connectivity index (χ3n) is 3.91. The third kappa shape index (κ3) is 2.61. The molecule has 19 heavy (non-hydrogen) atoms. The molecule has 6 heteroatoms. The van der Waals surface area contributed by atoms with Crippen LogP contribution in [0.5, 0.6) is 0 Å². The Bertz CT molecular complexity index is 500.